The largest absolute Gasteiger partial charge is 0.0928 e. The number of hydrogen-bond donors (Lipinski definition) is 0. The summed E-state index contributed by atoms with van der Waals surface area (Å²) in [4.78, 5) is 0. The molecule has 0 unspecified atom stereocenters. The average molecular weight is 299 g/mol. The van der Waals surface area contributed by atoms with Crippen molar-refractivity contribution in [2.24, 2.45) is 0 Å². The zero-order chi connectivity index (χ0) is 12.4. The highest BCUT2D eigenvalue weighted by Gasteiger charge is 2.19. The quantitative estimate of drug-likeness (QED) is 0.678. The molecule has 0 spiro atoms. The van der Waals surface area contributed by atoms with Gasteiger partial charge in [-0.15, -0.1) is 0 Å². The summed E-state index contributed by atoms with van der Waals surface area (Å²) in [7, 11) is 0. The van der Waals surface area contributed by atoms with Gasteiger partial charge in [-0.25, -0.2) is 0 Å². The number of rotatable bonds is 2. The molecule has 0 heterocycles. The molecule has 0 amide bonds. The Morgan fingerprint density at radius 1 is 0.778 bits per heavy atom. The molecule has 0 saturated heterocycles. The maximum Gasteiger partial charge on any atom is 0.0109 e. The van der Waals surface area contributed by atoms with Crippen molar-refractivity contribution in [3.05, 3.63) is 70.8 Å². The van der Waals surface area contributed by atoms with Crippen LogP contribution in [0.2, 0.25) is 0 Å². The molecule has 2 aromatic carbocycles. The van der Waals surface area contributed by atoms with E-state index in [1.807, 2.05) is 0 Å². The summed E-state index contributed by atoms with van der Waals surface area (Å²) in [5.74, 6) is 0.492. The highest BCUT2D eigenvalue weighted by atomic mass is 79.9. The Kier molecular flexibility index (Phi) is 3.33. The van der Waals surface area contributed by atoms with Gasteiger partial charge in [0.25, 0.3) is 0 Å². The molecule has 0 nitrogen and oxygen atoms in total. The molecule has 0 N–H and O–H groups in total. The van der Waals surface area contributed by atoms with Crippen LogP contribution in [0.4, 0.5) is 0 Å². The van der Waals surface area contributed by atoms with E-state index in [-0.39, 0.29) is 0 Å². The lowest BCUT2D eigenvalue weighted by Crippen LogP contribution is -2.04. The molecule has 0 saturated carbocycles. The van der Waals surface area contributed by atoms with Gasteiger partial charge >= 0.3 is 0 Å². The molecule has 0 fully saturated rings. The van der Waals surface area contributed by atoms with Crippen molar-refractivity contribution in [2.75, 3.05) is 5.33 Å². The molecule has 0 radical (unpaired) electrons. The number of fused-ring (bicyclic) bond motifs is 2. The van der Waals surface area contributed by atoms with E-state index in [1.54, 1.807) is 0 Å². The smallest absolute Gasteiger partial charge is 0.0109 e. The fourth-order valence-electron chi connectivity index (χ4n) is 2.73. The van der Waals surface area contributed by atoms with E-state index in [9.17, 15) is 0 Å². The Labute approximate surface area is 116 Å². The second kappa shape index (κ2) is 5.11. The fourth-order valence-corrected chi connectivity index (χ4v) is 3.19. The van der Waals surface area contributed by atoms with Gasteiger partial charge in [0, 0.05) is 11.2 Å². The van der Waals surface area contributed by atoms with Crippen molar-refractivity contribution >= 4 is 28.1 Å². The van der Waals surface area contributed by atoms with E-state index >= 15 is 0 Å². The first kappa shape index (κ1) is 11.7. The highest BCUT2D eigenvalue weighted by molar-refractivity contribution is 9.09. The molecule has 0 aliphatic heterocycles. The van der Waals surface area contributed by atoms with Crippen LogP contribution >= 0.6 is 15.9 Å². The maximum absolute atomic E-state index is 3.59. The minimum Gasteiger partial charge on any atom is -0.0928 e. The van der Waals surface area contributed by atoms with Gasteiger partial charge in [-0.3, -0.25) is 0 Å². The molecule has 90 valence electrons. The van der Waals surface area contributed by atoms with Crippen molar-refractivity contribution in [2.45, 2.75) is 12.3 Å². The molecule has 1 aliphatic carbocycles. The van der Waals surface area contributed by atoms with Gasteiger partial charge < -0.3 is 0 Å². The average Bonchev–Trinajstić information content (AvgIpc) is 2.58. The summed E-state index contributed by atoms with van der Waals surface area (Å²) in [5, 5.41) is 1.03. The van der Waals surface area contributed by atoms with Crippen molar-refractivity contribution in [3.8, 4) is 0 Å². The SMILES string of the molecule is BrCCC1c2ccccc2C=Cc2ccccc21. The van der Waals surface area contributed by atoms with Crippen LogP contribution < -0.4 is 0 Å². The lowest BCUT2D eigenvalue weighted by molar-refractivity contribution is 0.787. The van der Waals surface area contributed by atoms with Crippen LogP contribution in [0.1, 0.15) is 34.6 Å². The first-order chi connectivity index (χ1) is 8.90. The van der Waals surface area contributed by atoms with Gasteiger partial charge in [-0.05, 0) is 28.7 Å². The normalized spacial score (nSPS) is 13.8. The fraction of sp³-hybridized carbons (Fsp3) is 0.176. The third kappa shape index (κ3) is 2.04. The standard InChI is InChI=1S/C17H15Br/c18-12-11-17-15-7-3-1-5-13(15)9-10-14-6-2-4-8-16(14)17/h1-10,17H,11-12H2. The van der Waals surface area contributed by atoms with Crippen LogP contribution in [0, 0.1) is 0 Å². The van der Waals surface area contributed by atoms with Crippen LogP contribution in [0.15, 0.2) is 48.5 Å². The molecule has 1 heteroatoms. The van der Waals surface area contributed by atoms with E-state index in [0.717, 1.165) is 11.8 Å². The maximum atomic E-state index is 3.59. The minimum absolute atomic E-state index is 0.492. The Bertz CT molecular complexity index is 534. The number of halogens is 1. The zero-order valence-corrected chi connectivity index (χ0v) is 11.7. The predicted octanol–water partition coefficient (Wildman–Crippen LogP) is 5.09. The first-order valence-electron chi connectivity index (χ1n) is 6.32. The molecule has 0 atom stereocenters. The topological polar surface area (TPSA) is 0 Å². The third-order valence-corrected chi connectivity index (χ3v) is 4.04. The molecule has 0 bridgehead atoms. The van der Waals surface area contributed by atoms with E-state index in [4.69, 9.17) is 0 Å². The minimum atomic E-state index is 0.492. The number of benzene rings is 2. The lowest BCUT2D eigenvalue weighted by Gasteiger charge is -2.19. The van der Waals surface area contributed by atoms with E-state index < -0.39 is 0 Å². The second-order valence-electron chi connectivity index (χ2n) is 4.62. The van der Waals surface area contributed by atoms with Crippen molar-refractivity contribution in [1.82, 2.24) is 0 Å². The summed E-state index contributed by atoms with van der Waals surface area (Å²) in [6, 6.07) is 17.4. The van der Waals surface area contributed by atoms with Gasteiger partial charge in [0.2, 0.25) is 0 Å². The molecular weight excluding hydrogens is 284 g/mol. The zero-order valence-electron chi connectivity index (χ0n) is 10.1. The summed E-state index contributed by atoms with van der Waals surface area (Å²) in [6.45, 7) is 0. The molecule has 0 aromatic heterocycles. The van der Waals surface area contributed by atoms with E-state index in [0.29, 0.717) is 5.92 Å². The van der Waals surface area contributed by atoms with Crippen molar-refractivity contribution in [3.63, 3.8) is 0 Å². The summed E-state index contributed by atoms with van der Waals surface area (Å²) >= 11 is 3.59. The second-order valence-corrected chi connectivity index (χ2v) is 5.41. The van der Waals surface area contributed by atoms with Gasteiger partial charge in [0.1, 0.15) is 0 Å². The Hall–Kier alpha value is -1.34. The third-order valence-electron chi connectivity index (χ3n) is 3.58. The highest BCUT2D eigenvalue weighted by Crippen LogP contribution is 2.36. The Balaban J connectivity index is 2.20. The van der Waals surface area contributed by atoms with Crippen LogP contribution in [-0.4, -0.2) is 5.33 Å². The summed E-state index contributed by atoms with van der Waals surface area (Å²) < 4.78 is 0. The monoisotopic (exact) mass is 298 g/mol. The Morgan fingerprint density at radius 2 is 1.28 bits per heavy atom. The van der Waals surface area contributed by atoms with Crippen LogP contribution in [0.25, 0.3) is 12.2 Å². The molecule has 1 aliphatic rings. The van der Waals surface area contributed by atoms with Crippen molar-refractivity contribution < 1.29 is 0 Å². The first-order valence-corrected chi connectivity index (χ1v) is 7.44. The van der Waals surface area contributed by atoms with Crippen LogP contribution in [0.5, 0.6) is 0 Å². The van der Waals surface area contributed by atoms with Crippen LogP contribution in [-0.2, 0) is 0 Å². The predicted molar refractivity (Wildman–Crippen MR) is 82.1 cm³/mol. The summed E-state index contributed by atoms with van der Waals surface area (Å²) in [5.41, 5.74) is 5.58. The number of hydrogen-bond acceptors (Lipinski definition) is 0. The molecule has 3 rings (SSSR count). The molecular formula is C17H15Br. The van der Waals surface area contributed by atoms with Gasteiger partial charge in [-0.2, -0.15) is 0 Å². The molecule has 18 heavy (non-hydrogen) atoms. The lowest BCUT2D eigenvalue weighted by atomic mass is 9.86. The van der Waals surface area contributed by atoms with Gasteiger partial charge in [-0.1, -0.05) is 76.6 Å². The number of alkyl halides is 1. The van der Waals surface area contributed by atoms with Gasteiger partial charge in [0.05, 0.1) is 0 Å². The van der Waals surface area contributed by atoms with E-state index in [1.165, 1.54) is 22.3 Å². The Morgan fingerprint density at radius 3 is 1.78 bits per heavy atom. The van der Waals surface area contributed by atoms with Crippen LogP contribution in [0.3, 0.4) is 0 Å². The van der Waals surface area contributed by atoms with Crippen molar-refractivity contribution in [1.29, 1.82) is 0 Å². The molecule has 2 aromatic rings. The van der Waals surface area contributed by atoms with E-state index in [2.05, 4.69) is 76.6 Å². The van der Waals surface area contributed by atoms with Gasteiger partial charge in [0.15, 0.2) is 0 Å². The summed E-state index contributed by atoms with van der Waals surface area (Å²) in [6.07, 6.45) is 5.61.